The second-order valence-electron chi connectivity index (χ2n) is 7.14. The molecule has 0 atom stereocenters. The maximum absolute atomic E-state index is 12.3. The monoisotopic (exact) mass is 341 g/mol. The lowest BCUT2D eigenvalue weighted by Gasteiger charge is -2.31. The number of hydrogen-bond donors (Lipinski definition) is 2. The number of aromatic nitrogens is 2. The zero-order chi connectivity index (χ0) is 17.9. The number of para-hydroxylation sites is 1. The lowest BCUT2D eigenvalue weighted by molar-refractivity contribution is -0.127. The minimum atomic E-state index is -0.819. The first-order chi connectivity index (χ1) is 12.0. The number of amides is 1. The molecule has 134 valence electrons. The minimum Gasteiger partial charge on any atom is -0.389 e. The van der Waals surface area contributed by atoms with Gasteiger partial charge in [0.25, 0.3) is 0 Å². The lowest BCUT2D eigenvalue weighted by atomic mass is 9.82. The average molecular weight is 341 g/mol. The molecule has 25 heavy (non-hydrogen) atoms. The molecule has 2 N–H and O–H groups in total. The third kappa shape index (κ3) is 4.10. The second kappa shape index (κ2) is 7.40. The van der Waals surface area contributed by atoms with E-state index in [0.717, 1.165) is 54.7 Å². The van der Waals surface area contributed by atoms with Gasteiger partial charge in [0.05, 0.1) is 23.4 Å². The van der Waals surface area contributed by atoms with Gasteiger partial charge in [-0.1, -0.05) is 37.5 Å². The highest BCUT2D eigenvalue weighted by Gasteiger charge is 2.31. The Balaban J connectivity index is 1.65. The summed E-state index contributed by atoms with van der Waals surface area (Å²) in [6.07, 6.45) is 4.81. The summed E-state index contributed by atoms with van der Waals surface area (Å²) in [7, 11) is 0. The average Bonchev–Trinajstić information content (AvgIpc) is 2.88. The predicted molar refractivity (Wildman–Crippen MR) is 97.5 cm³/mol. The molecule has 1 aliphatic rings. The van der Waals surface area contributed by atoms with Crippen LogP contribution in [0.4, 0.5) is 0 Å². The molecule has 1 saturated carbocycles. The van der Waals surface area contributed by atoms with E-state index in [4.69, 9.17) is 0 Å². The van der Waals surface area contributed by atoms with Crippen LogP contribution in [-0.4, -0.2) is 26.4 Å². The van der Waals surface area contributed by atoms with Crippen LogP contribution in [-0.2, 0) is 11.3 Å². The topological polar surface area (TPSA) is 67.2 Å². The molecule has 1 aliphatic carbocycles. The molecule has 0 bridgehead atoms. The van der Waals surface area contributed by atoms with Gasteiger partial charge in [-0.05, 0) is 38.8 Å². The standard InChI is InChI=1S/C20H27N3O2/c1-15-18(16(2)23(22-15)17-9-5-3-6-10-17)14-21-19(24)13-20(25)11-7-4-8-12-20/h3,5-6,9-10,25H,4,7-8,11-14H2,1-2H3,(H,21,24). The van der Waals surface area contributed by atoms with Crippen LogP contribution < -0.4 is 5.32 Å². The molecule has 2 aromatic rings. The quantitative estimate of drug-likeness (QED) is 0.878. The molecule has 5 nitrogen and oxygen atoms in total. The van der Waals surface area contributed by atoms with Crippen molar-refractivity contribution in [3.8, 4) is 5.69 Å². The van der Waals surface area contributed by atoms with E-state index in [1.807, 2.05) is 48.9 Å². The van der Waals surface area contributed by atoms with E-state index in [2.05, 4.69) is 10.4 Å². The molecular formula is C20H27N3O2. The van der Waals surface area contributed by atoms with Crippen LogP contribution in [0.1, 0.15) is 55.5 Å². The summed E-state index contributed by atoms with van der Waals surface area (Å²) in [4.78, 5) is 12.3. The molecule has 5 heteroatoms. The van der Waals surface area contributed by atoms with Crippen LogP contribution in [0, 0.1) is 13.8 Å². The van der Waals surface area contributed by atoms with Crippen LogP contribution in [0.5, 0.6) is 0 Å². The van der Waals surface area contributed by atoms with Crippen molar-refractivity contribution >= 4 is 5.91 Å². The fourth-order valence-corrected chi connectivity index (χ4v) is 3.69. The summed E-state index contributed by atoms with van der Waals surface area (Å²) < 4.78 is 1.91. The van der Waals surface area contributed by atoms with E-state index >= 15 is 0 Å². The van der Waals surface area contributed by atoms with Crippen molar-refractivity contribution in [2.45, 2.75) is 64.5 Å². The van der Waals surface area contributed by atoms with E-state index in [1.54, 1.807) is 0 Å². The summed E-state index contributed by atoms with van der Waals surface area (Å²) >= 11 is 0. The predicted octanol–water partition coefficient (Wildman–Crippen LogP) is 3.19. The lowest BCUT2D eigenvalue weighted by Crippen LogP contribution is -2.38. The summed E-state index contributed by atoms with van der Waals surface area (Å²) in [5.74, 6) is -0.0874. The molecule has 0 radical (unpaired) electrons. The molecule has 1 fully saturated rings. The fraction of sp³-hybridized carbons (Fsp3) is 0.500. The van der Waals surface area contributed by atoms with E-state index in [0.29, 0.717) is 6.54 Å². The van der Waals surface area contributed by atoms with Gasteiger partial charge in [-0.2, -0.15) is 5.10 Å². The summed E-state index contributed by atoms with van der Waals surface area (Å²) in [5.41, 5.74) is 3.17. The van der Waals surface area contributed by atoms with E-state index in [9.17, 15) is 9.90 Å². The van der Waals surface area contributed by atoms with E-state index in [-0.39, 0.29) is 12.3 Å². The van der Waals surface area contributed by atoms with Crippen molar-refractivity contribution in [2.24, 2.45) is 0 Å². The first-order valence-corrected chi connectivity index (χ1v) is 9.08. The number of aryl methyl sites for hydroxylation is 1. The fourth-order valence-electron chi connectivity index (χ4n) is 3.69. The smallest absolute Gasteiger partial charge is 0.223 e. The molecular weight excluding hydrogens is 314 g/mol. The van der Waals surface area contributed by atoms with Gasteiger partial charge in [0, 0.05) is 17.8 Å². The van der Waals surface area contributed by atoms with Crippen molar-refractivity contribution in [3.05, 3.63) is 47.3 Å². The second-order valence-corrected chi connectivity index (χ2v) is 7.14. The maximum Gasteiger partial charge on any atom is 0.223 e. The number of rotatable bonds is 5. The summed E-state index contributed by atoms with van der Waals surface area (Å²) in [6.45, 7) is 4.42. The molecule has 0 saturated heterocycles. The summed E-state index contributed by atoms with van der Waals surface area (Å²) in [6, 6.07) is 9.98. The van der Waals surface area contributed by atoms with E-state index in [1.165, 1.54) is 0 Å². The largest absolute Gasteiger partial charge is 0.389 e. The maximum atomic E-state index is 12.3. The number of carbonyl (C=O) groups is 1. The number of carbonyl (C=O) groups excluding carboxylic acids is 1. The molecule has 1 aromatic carbocycles. The van der Waals surface area contributed by atoms with Crippen LogP contribution >= 0.6 is 0 Å². The highest BCUT2D eigenvalue weighted by Crippen LogP contribution is 2.30. The number of hydrogen-bond acceptors (Lipinski definition) is 3. The van der Waals surface area contributed by atoms with E-state index < -0.39 is 5.60 Å². The Labute approximate surface area is 149 Å². The van der Waals surface area contributed by atoms with Crippen molar-refractivity contribution < 1.29 is 9.90 Å². The highest BCUT2D eigenvalue weighted by molar-refractivity contribution is 5.77. The van der Waals surface area contributed by atoms with Crippen LogP contribution in [0.15, 0.2) is 30.3 Å². The van der Waals surface area contributed by atoms with Crippen molar-refractivity contribution in [1.82, 2.24) is 15.1 Å². The zero-order valence-corrected chi connectivity index (χ0v) is 15.1. The number of benzene rings is 1. The molecule has 3 rings (SSSR count). The first kappa shape index (κ1) is 17.7. The Morgan fingerprint density at radius 1 is 1.20 bits per heavy atom. The molecule has 0 aliphatic heterocycles. The van der Waals surface area contributed by atoms with Gasteiger partial charge < -0.3 is 10.4 Å². The Kier molecular flexibility index (Phi) is 5.23. The van der Waals surface area contributed by atoms with Crippen LogP contribution in [0.25, 0.3) is 5.69 Å². The first-order valence-electron chi connectivity index (χ1n) is 9.08. The normalized spacial score (nSPS) is 16.6. The van der Waals surface area contributed by atoms with Gasteiger partial charge in [-0.25, -0.2) is 4.68 Å². The number of nitrogens with one attached hydrogen (secondary N) is 1. The molecule has 1 heterocycles. The third-order valence-electron chi connectivity index (χ3n) is 5.18. The van der Waals surface area contributed by atoms with Gasteiger partial charge in [0.15, 0.2) is 0 Å². The van der Waals surface area contributed by atoms with Gasteiger partial charge in [0.2, 0.25) is 5.91 Å². The van der Waals surface area contributed by atoms with Crippen molar-refractivity contribution in [2.75, 3.05) is 0 Å². The Bertz CT molecular complexity index is 731. The van der Waals surface area contributed by atoms with Gasteiger partial charge in [-0.15, -0.1) is 0 Å². The van der Waals surface area contributed by atoms with Crippen molar-refractivity contribution in [3.63, 3.8) is 0 Å². The van der Waals surface area contributed by atoms with Gasteiger partial charge in [-0.3, -0.25) is 4.79 Å². The van der Waals surface area contributed by atoms with Crippen LogP contribution in [0.2, 0.25) is 0 Å². The Hall–Kier alpha value is -2.14. The molecule has 0 unspecified atom stereocenters. The minimum absolute atomic E-state index is 0.0874. The molecule has 1 amide bonds. The van der Waals surface area contributed by atoms with Crippen molar-refractivity contribution in [1.29, 1.82) is 0 Å². The zero-order valence-electron chi connectivity index (χ0n) is 15.1. The SMILES string of the molecule is Cc1nn(-c2ccccc2)c(C)c1CNC(=O)CC1(O)CCCCC1. The Morgan fingerprint density at radius 3 is 2.56 bits per heavy atom. The number of aliphatic hydroxyl groups is 1. The molecule has 1 aromatic heterocycles. The number of nitrogens with zero attached hydrogens (tertiary/aromatic N) is 2. The highest BCUT2D eigenvalue weighted by atomic mass is 16.3. The van der Waals surface area contributed by atoms with Gasteiger partial charge in [0.1, 0.15) is 0 Å². The third-order valence-corrected chi connectivity index (χ3v) is 5.18. The van der Waals surface area contributed by atoms with Crippen LogP contribution in [0.3, 0.4) is 0 Å². The molecule has 0 spiro atoms. The van der Waals surface area contributed by atoms with Gasteiger partial charge >= 0.3 is 0 Å². The summed E-state index contributed by atoms with van der Waals surface area (Å²) in [5, 5.41) is 18.1. The Morgan fingerprint density at radius 2 is 1.88 bits per heavy atom.